The predicted octanol–water partition coefficient (Wildman–Crippen LogP) is 4.17. The summed E-state index contributed by atoms with van der Waals surface area (Å²) < 4.78 is 2.27. The van der Waals surface area contributed by atoms with E-state index < -0.39 is 5.60 Å². The number of pyridine rings is 1. The maximum Gasteiger partial charge on any atom is 0.126 e. The van der Waals surface area contributed by atoms with Crippen LogP contribution in [0.5, 0.6) is 0 Å². The van der Waals surface area contributed by atoms with Crippen LogP contribution >= 0.6 is 38.5 Å². The second-order valence-corrected chi connectivity index (χ2v) is 7.19. The van der Waals surface area contributed by atoms with E-state index in [0.29, 0.717) is 13.0 Å². The summed E-state index contributed by atoms with van der Waals surface area (Å²) in [6.07, 6.45) is 2.55. The molecule has 0 saturated carbocycles. The number of rotatable bonds is 4. The van der Waals surface area contributed by atoms with Crippen LogP contribution in [0.15, 0.2) is 28.9 Å². The van der Waals surface area contributed by atoms with Crippen molar-refractivity contribution in [1.29, 1.82) is 0 Å². The molecule has 0 unspecified atom stereocenters. The molecule has 2 N–H and O–H groups in total. The fourth-order valence-corrected chi connectivity index (χ4v) is 2.58. The van der Waals surface area contributed by atoms with E-state index in [-0.39, 0.29) is 0 Å². The van der Waals surface area contributed by atoms with Crippen molar-refractivity contribution in [3.8, 4) is 0 Å². The average molecular weight is 435 g/mol. The predicted molar refractivity (Wildman–Crippen MR) is 91.6 cm³/mol. The zero-order valence-electron chi connectivity index (χ0n) is 10.9. The van der Waals surface area contributed by atoms with Gasteiger partial charge in [-0.3, -0.25) is 0 Å². The number of benzene rings is 1. The van der Waals surface area contributed by atoms with Crippen molar-refractivity contribution in [2.45, 2.75) is 25.9 Å². The minimum Gasteiger partial charge on any atom is -0.390 e. The second-order valence-electron chi connectivity index (χ2n) is 5.17. The number of halogens is 2. The van der Waals surface area contributed by atoms with Gasteiger partial charge in [0.25, 0.3) is 0 Å². The number of hydrogen-bond acceptors (Lipinski definition) is 3. The van der Waals surface area contributed by atoms with Gasteiger partial charge in [-0.1, -0.05) is 0 Å². The second kappa shape index (κ2) is 5.93. The van der Waals surface area contributed by atoms with Crippen LogP contribution in [0.2, 0.25) is 0 Å². The number of aromatic nitrogens is 1. The molecular formula is C14H16BrIN2O. The van der Waals surface area contributed by atoms with Crippen molar-refractivity contribution in [1.82, 2.24) is 4.98 Å². The lowest BCUT2D eigenvalue weighted by Gasteiger charge is -2.17. The lowest BCUT2D eigenvalue weighted by Crippen LogP contribution is -2.22. The molecule has 0 amide bonds. The highest BCUT2D eigenvalue weighted by atomic mass is 127. The first-order valence-corrected chi connectivity index (χ1v) is 7.93. The highest BCUT2D eigenvalue weighted by molar-refractivity contribution is 14.1. The Balaban J connectivity index is 2.15. The molecule has 2 rings (SSSR count). The van der Waals surface area contributed by atoms with Crippen LogP contribution in [0.3, 0.4) is 0 Å². The van der Waals surface area contributed by atoms with Gasteiger partial charge < -0.3 is 10.4 Å². The highest BCUT2D eigenvalue weighted by Crippen LogP contribution is 2.26. The molecular weight excluding hydrogens is 419 g/mol. The zero-order valence-corrected chi connectivity index (χ0v) is 14.6. The zero-order chi connectivity index (χ0) is 14.0. The van der Waals surface area contributed by atoms with Crippen LogP contribution in [0.25, 0.3) is 10.8 Å². The third kappa shape index (κ3) is 4.29. The molecule has 1 aromatic carbocycles. The lowest BCUT2D eigenvalue weighted by atomic mass is 10.1. The fourth-order valence-electron chi connectivity index (χ4n) is 1.73. The Morgan fingerprint density at radius 1 is 1.32 bits per heavy atom. The molecule has 0 bridgehead atoms. The molecule has 0 atom stereocenters. The van der Waals surface area contributed by atoms with Crippen molar-refractivity contribution in [2.24, 2.45) is 0 Å². The van der Waals surface area contributed by atoms with Gasteiger partial charge in [0.1, 0.15) is 5.82 Å². The van der Waals surface area contributed by atoms with Gasteiger partial charge in [0.2, 0.25) is 0 Å². The topological polar surface area (TPSA) is 45.1 Å². The molecule has 0 fully saturated rings. The van der Waals surface area contributed by atoms with E-state index >= 15 is 0 Å². The monoisotopic (exact) mass is 434 g/mol. The van der Waals surface area contributed by atoms with Gasteiger partial charge in [-0.05, 0) is 82.4 Å². The van der Waals surface area contributed by atoms with Gasteiger partial charge in [0, 0.05) is 26.2 Å². The van der Waals surface area contributed by atoms with Crippen LogP contribution in [-0.2, 0) is 0 Å². The first-order valence-electron chi connectivity index (χ1n) is 6.06. The van der Waals surface area contributed by atoms with E-state index in [1.165, 1.54) is 3.57 Å². The summed E-state index contributed by atoms with van der Waals surface area (Å²) in [5.41, 5.74) is -0.649. The van der Waals surface area contributed by atoms with Crippen LogP contribution in [0, 0.1) is 3.57 Å². The number of anilines is 1. The van der Waals surface area contributed by atoms with Gasteiger partial charge in [-0.15, -0.1) is 0 Å². The van der Waals surface area contributed by atoms with E-state index in [1.807, 2.05) is 26.1 Å². The van der Waals surface area contributed by atoms with Crippen LogP contribution in [0.1, 0.15) is 20.3 Å². The largest absolute Gasteiger partial charge is 0.390 e. The summed E-state index contributed by atoms with van der Waals surface area (Å²) in [7, 11) is 0. The Hall–Kier alpha value is -0.400. The SMILES string of the molecule is CC(C)(O)CCNc1cc2cc(I)c(Br)cc2cn1. The number of aliphatic hydroxyl groups is 1. The van der Waals surface area contributed by atoms with E-state index in [4.69, 9.17) is 0 Å². The van der Waals surface area contributed by atoms with Crippen molar-refractivity contribution >= 4 is 55.1 Å². The maximum atomic E-state index is 9.67. The molecule has 0 spiro atoms. The molecule has 0 aliphatic carbocycles. The van der Waals surface area contributed by atoms with E-state index in [1.54, 1.807) is 0 Å². The lowest BCUT2D eigenvalue weighted by molar-refractivity contribution is 0.0748. The summed E-state index contributed by atoms with van der Waals surface area (Å²) in [5, 5.41) is 15.2. The van der Waals surface area contributed by atoms with Gasteiger partial charge in [-0.25, -0.2) is 4.98 Å². The molecule has 1 aromatic heterocycles. The van der Waals surface area contributed by atoms with Crippen LogP contribution < -0.4 is 5.32 Å². The van der Waals surface area contributed by atoms with Crippen molar-refractivity contribution < 1.29 is 5.11 Å². The average Bonchev–Trinajstić information content (AvgIpc) is 2.29. The summed E-state index contributed by atoms with van der Waals surface area (Å²) >= 11 is 5.82. The number of nitrogens with zero attached hydrogens (tertiary/aromatic N) is 1. The molecule has 0 saturated heterocycles. The Bertz CT molecular complexity index is 596. The summed E-state index contributed by atoms with van der Waals surface area (Å²) in [6, 6.07) is 6.24. The first-order chi connectivity index (χ1) is 8.85. The van der Waals surface area contributed by atoms with Crippen molar-refractivity contribution in [3.05, 3.63) is 32.4 Å². The maximum absolute atomic E-state index is 9.67. The minimum absolute atomic E-state index is 0.649. The molecule has 19 heavy (non-hydrogen) atoms. The van der Waals surface area contributed by atoms with E-state index in [2.05, 4.69) is 61.0 Å². The number of nitrogens with one attached hydrogen (secondary N) is 1. The molecule has 102 valence electrons. The number of hydrogen-bond donors (Lipinski definition) is 2. The normalized spacial score (nSPS) is 11.8. The standard InChI is InChI=1S/C14H16BrIN2O/c1-14(2,19)3-4-17-13-7-9-6-12(16)11(15)5-10(9)8-18-13/h5-8,19H,3-4H2,1-2H3,(H,17,18). The Labute approximate surface area is 135 Å². The Morgan fingerprint density at radius 2 is 2.05 bits per heavy atom. The Morgan fingerprint density at radius 3 is 2.74 bits per heavy atom. The van der Waals surface area contributed by atoms with Crippen LogP contribution in [-0.4, -0.2) is 22.2 Å². The molecule has 0 aliphatic heterocycles. The fraction of sp³-hybridized carbons (Fsp3) is 0.357. The summed E-state index contributed by atoms with van der Waals surface area (Å²) in [4.78, 5) is 4.38. The van der Waals surface area contributed by atoms with Crippen molar-refractivity contribution in [2.75, 3.05) is 11.9 Å². The van der Waals surface area contributed by atoms with Gasteiger partial charge in [0.05, 0.1) is 5.60 Å². The van der Waals surface area contributed by atoms with Gasteiger partial charge in [0.15, 0.2) is 0 Å². The van der Waals surface area contributed by atoms with Crippen molar-refractivity contribution in [3.63, 3.8) is 0 Å². The highest BCUT2D eigenvalue weighted by Gasteiger charge is 2.11. The van der Waals surface area contributed by atoms with E-state index in [9.17, 15) is 5.11 Å². The van der Waals surface area contributed by atoms with E-state index in [0.717, 1.165) is 21.1 Å². The smallest absolute Gasteiger partial charge is 0.126 e. The molecule has 0 radical (unpaired) electrons. The van der Waals surface area contributed by atoms with Gasteiger partial charge >= 0.3 is 0 Å². The Kier molecular flexibility index (Phi) is 4.68. The molecule has 3 nitrogen and oxygen atoms in total. The third-order valence-electron chi connectivity index (χ3n) is 2.80. The van der Waals surface area contributed by atoms with Crippen LogP contribution in [0.4, 0.5) is 5.82 Å². The molecule has 2 aromatic rings. The molecule has 1 heterocycles. The minimum atomic E-state index is -0.649. The first kappa shape index (κ1) is 15.0. The molecule has 5 heteroatoms. The third-order valence-corrected chi connectivity index (χ3v) is 5.09. The quantitative estimate of drug-likeness (QED) is 0.709. The van der Waals surface area contributed by atoms with Gasteiger partial charge in [-0.2, -0.15) is 0 Å². The molecule has 0 aliphatic rings. The number of fused-ring (bicyclic) bond motifs is 1. The summed E-state index contributed by atoms with van der Waals surface area (Å²) in [6.45, 7) is 4.32. The summed E-state index contributed by atoms with van der Waals surface area (Å²) in [5.74, 6) is 0.842.